The molecule has 0 bridgehead atoms. The highest BCUT2D eigenvalue weighted by Crippen LogP contribution is 2.09. The molecule has 0 amide bonds. The summed E-state index contributed by atoms with van der Waals surface area (Å²) in [4.78, 5) is 0. The summed E-state index contributed by atoms with van der Waals surface area (Å²) in [6.45, 7) is 5.21. The number of rotatable bonds is 6. The fraction of sp³-hybridized carbons (Fsp3) is 0.467. The molecule has 0 saturated carbocycles. The molecule has 1 rings (SSSR count). The number of allylic oxidation sites excluding steroid dienone is 1. The normalized spacial score (nSPS) is 13.2. The first kappa shape index (κ1) is 13.0. The van der Waals surface area contributed by atoms with Crippen molar-refractivity contribution in [1.29, 1.82) is 0 Å². The molecule has 0 aliphatic heterocycles. The van der Waals surface area contributed by atoms with E-state index in [1.807, 2.05) is 0 Å². The zero-order chi connectivity index (χ0) is 11.8. The molecule has 0 heterocycles. The molecule has 16 heavy (non-hydrogen) atoms. The highest BCUT2D eigenvalue weighted by molar-refractivity contribution is 5.49. The number of benzene rings is 1. The van der Waals surface area contributed by atoms with Crippen LogP contribution >= 0.6 is 0 Å². The quantitative estimate of drug-likeness (QED) is 0.699. The molecule has 0 N–H and O–H groups in total. The number of ether oxygens (including phenoxy) is 1. The molecule has 0 unspecified atom stereocenters. The lowest BCUT2D eigenvalue weighted by atomic mass is 10.1. The van der Waals surface area contributed by atoms with E-state index in [4.69, 9.17) is 4.74 Å². The summed E-state index contributed by atoms with van der Waals surface area (Å²) in [5.74, 6) is 0.646. The van der Waals surface area contributed by atoms with Crippen LogP contribution in [0.4, 0.5) is 0 Å². The smallest absolute Gasteiger partial charge is 0.0487 e. The number of hydrogen-bond acceptors (Lipinski definition) is 1. The monoisotopic (exact) mass is 218 g/mol. The molecule has 1 aromatic carbocycles. The second-order valence-electron chi connectivity index (χ2n) is 4.45. The molecule has 1 nitrogen and oxygen atoms in total. The first-order valence-electron chi connectivity index (χ1n) is 5.94. The molecule has 0 radical (unpaired) electrons. The Morgan fingerprint density at radius 1 is 1.38 bits per heavy atom. The second kappa shape index (κ2) is 7.24. The maximum absolute atomic E-state index is 5.11. The van der Waals surface area contributed by atoms with Gasteiger partial charge < -0.3 is 4.74 Å². The Balaban J connectivity index is 2.32. The zero-order valence-electron chi connectivity index (χ0n) is 10.6. The first-order chi connectivity index (χ1) is 7.72. The van der Waals surface area contributed by atoms with Crippen LogP contribution in [-0.2, 0) is 4.74 Å². The van der Waals surface area contributed by atoms with Crippen LogP contribution in [0.15, 0.2) is 30.3 Å². The highest BCUT2D eigenvalue weighted by Gasteiger charge is 1.98. The Morgan fingerprint density at radius 2 is 2.19 bits per heavy atom. The van der Waals surface area contributed by atoms with Crippen molar-refractivity contribution in [1.82, 2.24) is 0 Å². The minimum absolute atomic E-state index is 0.646. The van der Waals surface area contributed by atoms with Gasteiger partial charge in [-0.1, -0.05) is 48.9 Å². The molecule has 1 aromatic rings. The van der Waals surface area contributed by atoms with E-state index in [9.17, 15) is 0 Å². The van der Waals surface area contributed by atoms with Gasteiger partial charge in [-0.3, -0.25) is 0 Å². The lowest BCUT2D eigenvalue weighted by Gasteiger charge is -2.07. The summed E-state index contributed by atoms with van der Waals surface area (Å²) in [5.41, 5.74) is 2.61. The van der Waals surface area contributed by atoms with Crippen LogP contribution in [0.3, 0.4) is 0 Å². The molecule has 0 fully saturated rings. The molecule has 0 saturated heterocycles. The van der Waals surface area contributed by atoms with E-state index >= 15 is 0 Å². The maximum atomic E-state index is 5.11. The Bertz CT molecular complexity index is 328. The minimum atomic E-state index is 0.646. The van der Waals surface area contributed by atoms with Gasteiger partial charge in [0.05, 0.1) is 0 Å². The first-order valence-corrected chi connectivity index (χ1v) is 5.94. The van der Waals surface area contributed by atoms with Gasteiger partial charge in [-0.15, -0.1) is 0 Å². The van der Waals surface area contributed by atoms with Crippen LogP contribution in [0.5, 0.6) is 0 Å². The van der Waals surface area contributed by atoms with Crippen LogP contribution in [0, 0.1) is 12.8 Å². The zero-order valence-corrected chi connectivity index (χ0v) is 10.6. The lowest BCUT2D eigenvalue weighted by molar-refractivity contribution is 0.156. The average Bonchev–Trinajstić information content (AvgIpc) is 2.25. The Labute approximate surface area is 99.1 Å². The molecule has 1 atom stereocenters. The van der Waals surface area contributed by atoms with Crippen molar-refractivity contribution in [2.45, 2.75) is 26.7 Å². The number of aryl methyl sites for hydroxylation is 1. The summed E-state index contributed by atoms with van der Waals surface area (Å²) in [6, 6.07) is 8.57. The van der Waals surface area contributed by atoms with Crippen molar-refractivity contribution in [3.05, 3.63) is 41.5 Å². The molecule has 1 heteroatoms. The fourth-order valence-electron chi connectivity index (χ4n) is 1.74. The van der Waals surface area contributed by atoms with Crippen molar-refractivity contribution in [3.8, 4) is 0 Å². The van der Waals surface area contributed by atoms with E-state index in [0.717, 1.165) is 13.0 Å². The average molecular weight is 218 g/mol. The minimum Gasteiger partial charge on any atom is -0.384 e. The van der Waals surface area contributed by atoms with E-state index in [0.29, 0.717) is 5.92 Å². The van der Waals surface area contributed by atoms with Crippen LogP contribution in [0.1, 0.15) is 30.9 Å². The summed E-state index contributed by atoms with van der Waals surface area (Å²) in [6.07, 6.45) is 6.77. The number of methoxy groups -OCH3 is 1. The maximum Gasteiger partial charge on any atom is 0.0487 e. The predicted octanol–water partition coefficient (Wildman–Crippen LogP) is 4.07. The predicted molar refractivity (Wildman–Crippen MR) is 70.5 cm³/mol. The van der Waals surface area contributed by atoms with Gasteiger partial charge in [0.2, 0.25) is 0 Å². The number of hydrogen-bond donors (Lipinski definition) is 0. The summed E-state index contributed by atoms with van der Waals surface area (Å²) in [5, 5.41) is 0. The van der Waals surface area contributed by atoms with Crippen molar-refractivity contribution in [2.24, 2.45) is 5.92 Å². The standard InChI is InChI=1S/C15H22O/c1-13-8-6-10-15(11-13)9-5-4-7-14(2)12-16-3/h5-6,8-11,14H,4,7,12H2,1-3H3/b9-5+/t14-/m1/s1. The molecule has 0 spiro atoms. The lowest BCUT2D eigenvalue weighted by Crippen LogP contribution is -2.02. The van der Waals surface area contributed by atoms with Gasteiger partial charge in [0, 0.05) is 13.7 Å². The largest absolute Gasteiger partial charge is 0.384 e. The van der Waals surface area contributed by atoms with Gasteiger partial charge in [-0.05, 0) is 31.2 Å². The molecule has 0 aliphatic rings. The molecule has 0 aromatic heterocycles. The van der Waals surface area contributed by atoms with Crippen LogP contribution < -0.4 is 0 Å². The Morgan fingerprint density at radius 3 is 2.88 bits per heavy atom. The van der Waals surface area contributed by atoms with Crippen molar-refractivity contribution < 1.29 is 4.74 Å². The summed E-state index contributed by atoms with van der Waals surface area (Å²) >= 11 is 0. The van der Waals surface area contributed by atoms with Gasteiger partial charge in [0.1, 0.15) is 0 Å². The fourth-order valence-corrected chi connectivity index (χ4v) is 1.74. The molecular formula is C15H22O. The third-order valence-electron chi connectivity index (χ3n) is 2.63. The van der Waals surface area contributed by atoms with Gasteiger partial charge in [-0.2, -0.15) is 0 Å². The summed E-state index contributed by atoms with van der Waals surface area (Å²) < 4.78 is 5.11. The van der Waals surface area contributed by atoms with Gasteiger partial charge >= 0.3 is 0 Å². The van der Waals surface area contributed by atoms with Crippen molar-refractivity contribution in [2.75, 3.05) is 13.7 Å². The third-order valence-corrected chi connectivity index (χ3v) is 2.63. The van der Waals surface area contributed by atoms with E-state index in [1.54, 1.807) is 7.11 Å². The van der Waals surface area contributed by atoms with Crippen LogP contribution in [0.25, 0.3) is 6.08 Å². The van der Waals surface area contributed by atoms with E-state index in [2.05, 4.69) is 50.3 Å². The van der Waals surface area contributed by atoms with Crippen molar-refractivity contribution in [3.63, 3.8) is 0 Å². The third kappa shape index (κ3) is 5.13. The van der Waals surface area contributed by atoms with Gasteiger partial charge in [-0.25, -0.2) is 0 Å². The molecule has 0 aliphatic carbocycles. The molecule has 88 valence electrons. The van der Waals surface area contributed by atoms with E-state index in [1.165, 1.54) is 17.5 Å². The van der Waals surface area contributed by atoms with Gasteiger partial charge in [0.15, 0.2) is 0 Å². The Hall–Kier alpha value is -1.08. The van der Waals surface area contributed by atoms with Crippen molar-refractivity contribution >= 4 is 6.08 Å². The van der Waals surface area contributed by atoms with Gasteiger partial charge in [0.25, 0.3) is 0 Å². The second-order valence-corrected chi connectivity index (χ2v) is 4.45. The van der Waals surface area contributed by atoms with Crippen LogP contribution in [-0.4, -0.2) is 13.7 Å². The summed E-state index contributed by atoms with van der Waals surface area (Å²) in [7, 11) is 1.76. The van der Waals surface area contributed by atoms with E-state index in [-0.39, 0.29) is 0 Å². The molecular weight excluding hydrogens is 196 g/mol. The SMILES string of the molecule is COC[C@H](C)CC/C=C/c1cccc(C)c1. The topological polar surface area (TPSA) is 9.23 Å². The highest BCUT2D eigenvalue weighted by atomic mass is 16.5. The van der Waals surface area contributed by atoms with E-state index < -0.39 is 0 Å². The van der Waals surface area contributed by atoms with Crippen LogP contribution in [0.2, 0.25) is 0 Å². The Kier molecular flexibility index (Phi) is 5.87.